The fourth-order valence-electron chi connectivity index (χ4n) is 1.86. The van der Waals surface area contributed by atoms with Gasteiger partial charge in [-0.2, -0.15) is 5.10 Å². The number of rotatable bonds is 4. The number of hydrogen-bond donors (Lipinski definition) is 1. The Morgan fingerprint density at radius 3 is 2.39 bits per heavy atom. The molecule has 0 bridgehead atoms. The molecule has 0 radical (unpaired) electrons. The van der Waals surface area contributed by atoms with Crippen LogP contribution in [0.4, 0.5) is 14.5 Å². The smallest absolute Gasteiger partial charge is 0.267 e. The van der Waals surface area contributed by atoms with E-state index in [4.69, 9.17) is 0 Å². The Morgan fingerprint density at radius 1 is 1.17 bits per heavy atom. The van der Waals surface area contributed by atoms with Crippen molar-refractivity contribution in [2.45, 2.75) is 6.92 Å². The predicted octanol–water partition coefficient (Wildman–Crippen LogP) is 3.03. The molecule has 0 spiro atoms. The number of halogens is 2. The number of non-ortho nitro benzene ring substituents is 1. The van der Waals surface area contributed by atoms with Crippen LogP contribution in [0.5, 0.6) is 0 Å². The normalized spacial score (nSPS) is 11.2. The second-order valence-corrected chi connectivity index (χ2v) is 4.54. The van der Waals surface area contributed by atoms with Crippen LogP contribution in [0.25, 0.3) is 0 Å². The number of carbonyl (C=O) groups excluding carboxylic acids is 1. The summed E-state index contributed by atoms with van der Waals surface area (Å²) in [7, 11) is 0. The van der Waals surface area contributed by atoms with Crippen molar-refractivity contribution in [3.63, 3.8) is 0 Å². The van der Waals surface area contributed by atoms with Gasteiger partial charge in [-0.3, -0.25) is 14.9 Å². The van der Waals surface area contributed by atoms with E-state index in [0.717, 1.165) is 18.2 Å². The maximum Gasteiger partial charge on any atom is 0.271 e. The molecule has 1 N–H and O–H groups in total. The van der Waals surface area contributed by atoms with Gasteiger partial charge >= 0.3 is 0 Å². The third-order valence-electron chi connectivity index (χ3n) is 2.97. The quantitative estimate of drug-likeness (QED) is 0.534. The molecule has 8 heteroatoms. The second-order valence-electron chi connectivity index (χ2n) is 4.54. The maximum absolute atomic E-state index is 13.6. The molecule has 0 aliphatic rings. The summed E-state index contributed by atoms with van der Waals surface area (Å²) in [6.07, 6.45) is 0. The van der Waals surface area contributed by atoms with E-state index in [1.54, 1.807) is 0 Å². The minimum Gasteiger partial charge on any atom is -0.267 e. The van der Waals surface area contributed by atoms with Gasteiger partial charge in [-0.25, -0.2) is 14.2 Å². The topological polar surface area (TPSA) is 84.6 Å². The van der Waals surface area contributed by atoms with Gasteiger partial charge in [0.1, 0.15) is 11.6 Å². The fourth-order valence-corrected chi connectivity index (χ4v) is 1.86. The highest BCUT2D eigenvalue weighted by molar-refractivity contribution is 6.01. The first-order chi connectivity index (χ1) is 10.9. The third kappa shape index (κ3) is 3.73. The number of nitro groups is 1. The Bertz CT molecular complexity index is 786. The molecule has 6 nitrogen and oxygen atoms in total. The molecule has 118 valence electrons. The molecule has 0 aromatic heterocycles. The number of nitrogens with zero attached hydrogens (tertiary/aromatic N) is 2. The molecule has 0 aliphatic carbocycles. The summed E-state index contributed by atoms with van der Waals surface area (Å²) < 4.78 is 27.2. The lowest BCUT2D eigenvalue weighted by atomic mass is 10.1. The van der Waals surface area contributed by atoms with E-state index in [9.17, 15) is 23.7 Å². The van der Waals surface area contributed by atoms with Crippen LogP contribution in [-0.2, 0) is 0 Å². The van der Waals surface area contributed by atoms with E-state index >= 15 is 0 Å². The first kappa shape index (κ1) is 16.2. The number of carbonyl (C=O) groups is 1. The van der Waals surface area contributed by atoms with E-state index in [2.05, 4.69) is 10.5 Å². The molecule has 2 aromatic rings. The SMILES string of the molecule is C/C(=N/NC(=O)c1cccc([N+](=O)[O-])c1)c1c(F)cccc1F. The van der Waals surface area contributed by atoms with Gasteiger partial charge in [0.15, 0.2) is 0 Å². The zero-order chi connectivity index (χ0) is 17.0. The van der Waals surface area contributed by atoms with Crippen LogP contribution in [0, 0.1) is 21.7 Å². The zero-order valence-electron chi connectivity index (χ0n) is 11.9. The van der Waals surface area contributed by atoms with Crippen LogP contribution in [-0.4, -0.2) is 16.5 Å². The molecule has 0 saturated heterocycles. The highest BCUT2D eigenvalue weighted by Gasteiger charge is 2.13. The molecule has 2 aromatic carbocycles. The maximum atomic E-state index is 13.6. The van der Waals surface area contributed by atoms with Gasteiger partial charge in [0.2, 0.25) is 0 Å². The number of benzene rings is 2. The van der Waals surface area contributed by atoms with Crippen LogP contribution in [0.2, 0.25) is 0 Å². The minimum absolute atomic E-state index is 0.00440. The standard InChI is InChI=1S/C15H11F2N3O3/c1-9(14-12(16)6-3-7-13(14)17)18-19-15(21)10-4-2-5-11(8-10)20(22)23/h2-8H,1H3,(H,19,21)/b18-9-. The predicted molar refractivity (Wildman–Crippen MR) is 79.1 cm³/mol. The van der Waals surface area contributed by atoms with Crippen molar-refractivity contribution in [1.82, 2.24) is 5.43 Å². The average Bonchev–Trinajstić information content (AvgIpc) is 2.52. The summed E-state index contributed by atoms with van der Waals surface area (Å²) in [5.74, 6) is -2.35. The Labute approximate surface area is 129 Å². The van der Waals surface area contributed by atoms with Gasteiger partial charge in [0.25, 0.3) is 11.6 Å². The number of nitrogens with one attached hydrogen (secondary N) is 1. The van der Waals surface area contributed by atoms with Crippen molar-refractivity contribution in [1.29, 1.82) is 0 Å². The Balaban J connectivity index is 2.21. The lowest BCUT2D eigenvalue weighted by molar-refractivity contribution is -0.384. The summed E-state index contributed by atoms with van der Waals surface area (Å²) in [6, 6.07) is 8.36. The Kier molecular flexibility index (Phi) is 4.75. The van der Waals surface area contributed by atoms with Crippen molar-refractivity contribution in [3.05, 3.63) is 75.3 Å². The Hall–Kier alpha value is -3.16. The molecular weight excluding hydrogens is 308 g/mol. The van der Waals surface area contributed by atoms with Gasteiger partial charge in [-0.1, -0.05) is 12.1 Å². The summed E-state index contributed by atoms with van der Waals surface area (Å²) in [4.78, 5) is 21.9. The molecule has 0 fully saturated rings. The van der Waals surface area contributed by atoms with Crippen LogP contribution in [0.15, 0.2) is 47.6 Å². The number of hydrogen-bond acceptors (Lipinski definition) is 4. The monoisotopic (exact) mass is 319 g/mol. The van der Waals surface area contributed by atoms with Crippen molar-refractivity contribution < 1.29 is 18.5 Å². The lowest BCUT2D eigenvalue weighted by Gasteiger charge is -2.05. The van der Waals surface area contributed by atoms with Crippen LogP contribution in [0.3, 0.4) is 0 Å². The van der Waals surface area contributed by atoms with E-state index < -0.39 is 22.5 Å². The highest BCUT2D eigenvalue weighted by Crippen LogP contribution is 2.14. The van der Waals surface area contributed by atoms with Crippen molar-refractivity contribution in [2.24, 2.45) is 5.10 Å². The summed E-state index contributed by atoms with van der Waals surface area (Å²) in [5.41, 5.74) is 1.44. The molecule has 0 unspecified atom stereocenters. The van der Waals surface area contributed by atoms with Crippen LogP contribution < -0.4 is 5.43 Å². The zero-order valence-corrected chi connectivity index (χ0v) is 11.9. The number of amides is 1. The highest BCUT2D eigenvalue weighted by atomic mass is 19.1. The lowest BCUT2D eigenvalue weighted by Crippen LogP contribution is -2.20. The minimum atomic E-state index is -0.809. The van der Waals surface area contributed by atoms with Gasteiger partial charge in [-0.05, 0) is 25.1 Å². The van der Waals surface area contributed by atoms with Crippen molar-refractivity contribution in [2.75, 3.05) is 0 Å². The largest absolute Gasteiger partial charge is 0.271 e. The van der Waals surface area contributed by atoms with Gasteiger partial charge < -0.3 is 0 Å². The van der Waals surface area contributed by atoms with Gasteiger partial charge in [-0.15, -0.1) is 0 Å². The first-order valence-corrected chi connectivity index (χ1v) is 6.43. The third-order valence-corrected chi connectivity index (χ3v) is 2.97. The summed E-state index contributed by atoms with van der Waals surface area (Å²) in [6.45, 7) is 1.33. The molecule has 0 heterocycles. The van der Waals surface area contributed by atoms with Crippen LogP contribution in [0.1, 0.15) is 22.8 Å². The number of nitro benzene ring substituents is 1. The summed E-state index contributed by atoms with van der Waals surface area (Å²) >= 11 is 0. The molecule has 0 aliphatic heterocycles. The van der Waals surface area contributed by atoms with E-state index in [0.29, 0.717) is 0 Å². The first-order valence-electron chi connectivity index (χ1n) is 6.43. The van der Waals surface area contributed by atoms with Crippen molar-refractivity contribution in [3.8, 4) is 0 Å². The summed E-state index contributed by atoms with van der Waals surface area (Å²) in [5, 5.41) is 14.3. The fraction of sp³-hybridized carbons (Fsp3) is 0.0667. The van der Waals surface area contributed by atoms with Gasteiger partial charge in [0, 0.05) is 17.7 Å². The average molecular weight is 319 g/mol. The molecule has 0 saturated carbocycles. The molecule has 1 amide bonds. The van der Waals surface area contributed by atoms with E-state index in [-0.39, 0.29) is 22.5 Å². The van der Waals surface area contributed by atoms with E-state index in [1.165, 1.54) is 31.2 Å². The van der Waals surface area contributed by atoms with Crippen molar-refractivity contribution >= 4 is 17.3 Å². The van der Waals surface area contributed by atoms with Crippen LogP contribution >= 0.6 is 0 Å². The molecule has 2 rings (SSSR count). The van der Waals surface area contributed by atoms with Gasteiger partial charge in [0.05, 0.1) is 16.2 Å². The molecular formula is C15H11F2N3O3. The molecule has 23 heavy (non-hydrogen) atoms. The van der Waals surface area contributed by atoms with E-state index in [1.807, 2.05) is 0 Å². The number of hydrazone groups is 1. The molecule has 0 atom stereocenters. The second kappa shape index (κ2) is 6.73. The Morgan fingerprint density at radius 2 is 1.78 bits per heavy atom.